The Morgan fingerprint density at radius 2 is 1.78 bits per heavy atom. The van der Waals surface area contributed by atoms with Crippen LogP contribution in [0.5, 0.6) is 0 Å². The molecule has 7 nitrogen and oxygen atoms in total. The molecule has 0 aromatic heterocycles. The van der Waals surface area contributed by atoms with Crippen LogP contribution in [0.2, 0.25) is 0 Å². The maximum atomic E-state index is 13.2. The van der Waals surface area contributed by atoms with Gasteiger partial charge in [0.05, 0.1) is 18.1 Å². The number of ether oxygens (including phenoxy) is 1. The van der Waals surface area contributed by atoms with Crippen molar-refractivity contribution in [2.75, 3.05) is 26.3 Å². The van der Waals surface area contributed by atoms with E-state index in [1.54, 1.807) is 0 Å². The quantitative estimate of drug-likeness (QED) is 0.556. The molecule has 144 valence electrons. The monoisotopic (exact) mass is 408 g/mol. The summed E-state index contributed by atoms with van der Waals surface area (Å²) in [5.74, 6) is 0. The van der Waals surface area contributed by atoms with Crippen LogP contribution in [0.15, 0.2) is 51.1 Å². The van der Waals surface area contributed by atoms with Gasteiger partial charge in [0, 0.05) is 35.0 Å². The van der Waals surface area contributed by atoms with E-state index in [-0.39, 0.29) is 23.7 Å². The summed E-state index contributed by atoms with van der Waals surface area (Å²) in [6.07, 6.45) is 0. The van der Waals surface area contributed by atoms with Gasteiger partial charge < -0.3 is 4.74 Å². The topological polar surface area (TPSA) is 89.8 Å². The summed E-state index contributed by atoms with van der Waals surface area (Å²) in [6.45, 7) is 5.01. The van der Waals surface area contributed by atoms with Crippen LogP contribution in [0.1, 0.15) is 11.1 Å². The number of nitro benzene ring substituents is 1. The summed E-state index contributed by atoms with van der Waals surface area (Å²) >= 11 is 1.31. The standard InChI is InChI=1S/C18H20N2O5S2/c1-13-3-4-14(2)17(11-13)26-16-6-5-15(20(21)22)12-18(16)27(23,24)19-7-9-25-10-8-19/h3-6,11-12H,7-10H2,1-2H3. The van der Waals surface area contributed by atoms with Crippen molar-refractivity contribution in [3.05, 3.63) is 57.6 Å². The van der Waals surface area contributed by atoms with Crippen molar-refractivity contribution < 1.29 is 18.1 Å². The van der Waals surface area contributed by atoms with Crippen LogP contribution in [0.3, 0.4) is 0 Å². The third kappa shape index (κ3) is 4.32. The molecular weight excluding hydrogens is 388 g/mol. The van der Waals surface area contributed by atoms with Crippen molar-refractivity contribution in [1.82, 2.24) is 4.31 Å². The van der Waals surface area contributed by atoms with Crippen LogP contribution in [-0.2, 0) is 14.8 Å². The lowest BCUT2D eigenvalue weighted by Crippen LogP contribution is -2.40. The fraction of sp³-hybridized carbons (Fsp3) is 0.333. The van der Waals surface area contributed by atoms with E-state index >= 15 is 0 Å². The van der Waals surface area contributed by atoms with Crippen molar-refractivity contribution in [3.8, 4) is 0 Å². The average Bonchev–Trinajstić information content (AvgIpc) is 2.65. The highest BCUT2D eigenvalue weighted by molar-refractivity contribution is 8.00. The lowest BCUT2D eigenvalue weighted by Gasteiger charge is -2.26. The Labute approximate surface area is 162 Å². The van der Waals surface area contributed by atoms with Crippen molar-refractivity contribution >= 4 is 27.5 Å². The SMILES string of the molecule is Cc1ccc(C)c(Sc2ccc([N+](=O)[O-])cc2S(=O)(=O)N2CCOCC2)c1. The van der Waals surface area contributed by atoms with Gasteiger partial charge in [-0.2, -0.15) is 4.31 Å². The maximum Gasteiger partial charge on any atom is 0.270 e. The van der Waals surface area contributed by atoms with Crippen molar-refractivity contribution in [2.45, 2.75) is 28.5 Å². The molecule has 1 heterocycles. The van der Waals surface area contributed by atoms with E-state index in [9.17, 15) is 18.5 Å². The van der Waals surface area contributed by atoms with Gasteiger partial charge in [0.1, 0.15) is 4.90 Å². The molecule has 1 aliphatic heterocycles. The number of non-ortho nitro benzene ring substituents is 1. The van der Waals surface area contributed by atoms with Crippen LogP contribution >= 0.6 is 11.8 Å². The summed E-state index contributed by atoms with van der Waals surface area (Å²) in [5.41, 5.74) is 1.83. The van der Waals surface area contributed by atoms with Crippen LogP contribution in [-0.4, -0.2) is 43.9 Å². The largest absolute Gasteiger partial charge is 0.379 e. The lowest BCUT2D eigenvalue weighted by atomic mass is 10.2. The number of morpholine rings is 1. The minimum Gasteiger partial charge on any atom is -0.379 e. The number of sulfonamides is 1. The molecule has 2 aromatic rings. The Morgan fingerprint density at radius 3 is 2.44 bits per heavy atom. The molecule has 9 heteroatoms. The van der Waals surface area contributed by atoms with Gasteiger partial charge in [-0.05, 0) is 37.1 Å². The van der Waals surface area contributed by atoms with Crippen molar-refractivity contribution in [3.63, 3.8) is 0 Å². The molecule has 0 spiro atoms. The summed E-state index contributed by atoms with van der Waals surface area (Å²) in [4.78, 5) is 12.0. The predicted octanol–water partition coefficient (Wildman–Crippen LogP) is 3.38. The summed E-state index contributed by atoms with van der Waals surface area (Å²) in [5, 5.41) is 11.2. The minimum absolute atomic E-state index is 0.0375. The Balaban J connectivity index is 2.08. The van der Waals surface area contributed by atoms with E-state index in [1.165, 1.54) is 28.2 Å². The van der Waals surface area contributed by atoms with Gasteiger partial charge in [-0.15, -0.1) is 0 Å². The first-order chi connectivity index (χ1) is 12.8. The van der Waals surface area contributed by atoms with E-state index < -0.39 is 14.9 Å². The van der Waals surface area contributed by atoms with Gasteiger partial charge in [0.25, 0.3) is 5.69 Å². The molecule has 1 fully saturated rings. The summed E-state index contributed by atoms with van der Waals surface area (Å²) in [6, 6.07) is 9.94. The molecule has 0 amide bonds. The van der Waals surface area contributed by atoms with E-state index in [0.717, 1.165) is 22.1 Å². The number of rotatable bonds is 5. The Hall–Kier alpha value is -1.94. The number of hydrogen-bond donors (Lipinski definition) is 0. The normalized spacial score (nSPS) is 15.6. The Bertz CT molecular complexity index is 970. The summed E-state index contributed by atoms with van der Waals surface area (Å²) < 4.78 is 32.9. The Morgan fingerprint density at radius 1 is 1.07 bits per heavy atom. The van der Waals surface area contributed by atoms with Gasteiger partial charge in [0.2, 0.25) is 10.0 Å². The van der Waals surface area contributed by atoms with E-state index in [2.05, 4.69) is 0 Å². The molecule has 1 aliphatic rings. The van der Waals surface area contributed by atoms with Gasteiger partial charge in [-0.25, -0.2) is 8.42 Å². The molecule has 0 unspecified atom stereocenters. The van der Waals surface area contributed by atoms with Crippen LogP contribution in [0.25, 0.3) is 0 Å². The highest BCUT2D eigenvalue weighted by Gasteiger charge is 2.30. The fourth-order valence-corrected chi connectivity index (χ4v) is 5.71. The fourth-order valence-electron chi connectivity index (χ4n) is 2.76. The zero-order valence-electron chi connectivity index (χ0n) is 15.0. The van der Waals surface area contributed by atoms with Gasteiger partial charge >= 0.3 is 0 Å². The van der Waals surface area contributed by atoms with Crippen LogP contribution in [0.4, 0.5) is 5.69 Å². The second-order valence-electron chi connectivity index (χ2n) is 6.28. The van der Waals surface area contributed by atoms with Gasteiger partial charge in [-0.1, -0.05) is 23.9 Å². The number of nitrogens with zero attached hydrogens (tertiary/aromatic N) is 2. The molecule has 27 heavy (non-hydrogen) atoms. The first kappa shape index (κ1) is 19.8. The van der Waals surface area contributed by atoms with Gasteiger partial charge in [-0.3, -0.25) is 10.1 Å². The van der Waals surface area contributed by atoms with E-state index in [0.29, 0.717) is 18.1 Å². The van der Waals surface area contributed by atoms with E-state index in [4.69, 9.17) is 4.74 Å². The minimum atomic E-state index is -3.86. The molecular formula is C18H20N2O5S2. The highest BCUT2D eigenvalue weighted by Crippen LogP contribution is 2.38. The summed E-state index contributed by atoms with van der Waals surface area (Å²) in [7, 11) is -3.86. The first-order valence-corrected chi connectivity index (χ1v) is 10.7. The molecule has 0 bridgehead atoms. The van der Waals surface area contributed by atoms with E-state index in [1.807, 2.05) is 32.0 Å². The predicted molar refractivity (Wildman–Crippen MR) is 103 cm³/mol. The molecule has 0 atom stereocenters. The average molecular weight is 409 g/mol. The molecule has 3 rings (SSSR count). The molecule has 0 saturated carbocycles. The zero-order valence-corrected chi connectivity index (χ0v) is 16.7. The number of benzene rings is 2. The van der Waals surface area contributed by atoms with Crippen LogP contribution < -0.4 is 0 Å². The highest BCUT2D eigenvalue weighted by atomic mass is 32.2. The van der Waals surface area contributed by atoms with Crippen molar-refractivity contribution in [2.24, 2.45) is 0 Å². The molecule has 0 radical (unpaired) electrons. The van der Waals surface area contributed by atoms with Crippen LogP contribution in [0, 0.1) is 24.0 Å². The second kappa shape index (κ2) is 7.97. The second-order valence-corrected chi connectivity index (χ2v) is 9.27. The molecule has 0 N–H and O–H groups in total. The smallest absolute Gasteiger partial charge is 0.270 e. The molecule has 1 saturated heterocycles. The zero-order chi connectivity index (χ0) is 19.6. The third-order valence-corrected chi connectivity index (χ3v) is 7.59. The van der Waals surface area contributed by atoms with Crippen molar-refractivity contribution in [1.29, 1.82) is 0 Å². The lowest BCUT2D eigenvalue weighted by molar-refractivity contribution is -0.385. The maximum absolute atomic E-state index is 13.2. The molecule has 0 aliphatic carbocycles. The first-order valence-electron chi connectivity index (χ1n) is 8.40. The van der Waals surface area contributed by atoms with Gasteiger partial charge in [0.15, 0.2) is 0 Å². The number of aryl methyl sites for hydroxylation is 2. The third-order valence-electron chi connectivity index (χ3n) is 4.29. The number of nitro groups is 1. The Kier molecular flexibility index (Phi) is 5.85. The number of hydrogen-bond acceptors (Lipinski definition) is 6. The molecule has 2 aromatic carbocycles.